The van der Waals surface area contributed by atoms with E-state index in [1.807, 2.05) is 34.6 Å². The molecule has 2 amide bonds. The Morgan fingerprint density at radius 1 is 1.10 bits per heavy atom. The highest BCUT2D eigenvalue weighted by atomic mass is 16.2. The van der Waals surface area contributed by atoms with E-state index in [1.165, 1.54) is 32.1 Å². The lowest BCUT2D eigenvalue weighted by Gasteiger charge is -2.32. The summed E-state index contributed by atoms with van der Waals surface area (Å²) in [5.41, 5.74) is -0.274. The minimum absolute atomic E-state index is 0.0760. The van der Waals surface area contributed by atoms with Crippen LogP contribution in [0, 0.1) is 17.3 Å². The predicted molar refractivity (Wildman–Crippen MR) is 86.2 cm³/mol. The quantitative estimate of drug-likeness (QED) is 0.815. The molecule has 4 heteroatoms. The molecule has 1 saturated carbocycles. The normalized spacial score (nSPS) is 18.4. The Morgan fingerprint density at radius 3 is 2.14 bits per heavy atom. The molecule has 0 aromatic carbocycles. The molecule has 1 atom stereocenters. The Labute approximate surface area is 129 Å². The topological polar surface area (TPSA) is 58.2 Å². The second kappa shape index (κ2) is 7.81. The minimum Gasteiger partial charge on any atom is -0.338 e. The first-order valence-electron chi connectivity index (χ1n) is 8.30. The van der Waals surface area contributed by atoms with Crippen LogP contribution in [0.2, 0.25) is 0 Å². The van der Waals surface area contributed by atoms with Gasteiger partial charge in [0.25, 0.3) is 0 Å². The molecule has 0 aromatic rings. The van der Waals surface area contributed by atoms with E-state index in [1.54, 1.807) is 0 Å². The van der Waals surface area contributed by atoms with Crippen LogP contribution in [0.4, 0.5) is 4.79 Å². The maximum atomic E-state index is 12.3. The van der Waals surface area contributed by atoms with Crippen LogP contribution in [-0.2, 0) is 4.79 Å². The number of hydrogen-bond donors (Lipinski definition) is 2. The molecule has 0 heterocycles. The highest BCUT2D eigenvalue weighted by Crippen LogP contribution is 2.24. The van der Waals surface area contributed by atoms with Gasteiger partial charge in [0.15, 0.2) is 5.78 Å². The van der Waals surface area contributed by atoms with E-state index < -0.39 is 6.04 Å². The molecule has 2 N–H and O–H groups in total. The van der Waals surface area contributed by atoms with E-state index >= 15 is 0 Å². The number of amides is 2. The van der Waals surface area contributed by atoms with Crippen molar-refractivity contribution in [1.29, 1.82) is 0 Å². The predicted octanol–water partition coefficient (Wildman–Crippen LogP) is 3.51. The second-order valence-corrected chi connectivity index (χ2v) is 7.71. The molecule has 0 radical (unpaired) electrons. The van der Waals surface area contributed by atoms with Crippen molar-refractivity contribution in [2.75, 3.05) is 6.54 Å². The molecule has 0 aliphatic heterocycles. The molecule has 1 aliphatic carbocycles. The minimum atomic E-state index is -0.441. The van der Waals surface area contributed by atoms with E-state index in [0.717, 1.165) is 6.54 Å². The van der Waals surface area contributed by atoms with Crippen LogP contribution in [0.5, 0.6) is 0 Å². The Balaban J connectivity index is 2.50. The molecule has 4 nitrogen and oxygen atoms in total. The fraction of sp³-hybridized carbons (Fsp3) is 0.882. The fourth-order valence-electron chi connectivity index (χ4n) is 2.86. The summed E-state index contributed by atoms with van der Waals surface area (Å²) in [5.74, 6) is 0.613. The summed E-state index contributed by atoms with van der Waals surface area (Å²) in [5, 5.41) is 5.82. The van der Waals surface area contributed by atoms with Crippen molar-refractivity contribution in [3.8, 4) is 0 Å². The number of hydrogen-bond acceptors (Lipinski definition) is 2. The van der Waals surface area contributed by atoms with Gasteiger partial charge in [-0.25, -0.2) is 4.79 Å². The molecule has 0 aromatic heterocycles. The fourth-order valence-corrected chi connectivity index (χ4v) is 2.86. The van der Waals surface area contributed by atoms with Crippen molar-refractivity contribution in [3.05, 3.63) is 0 Å². The zero-order valence-corrected chi connectivity index (χ0v) is 14.3. The molecule has 1 unspecified atom stereocenters. The molecule has 1 fully saturated rings. The molecular formula is C17H32N2O2. The van der Waals surface area contributed by atoms with Crippen LogP contribution in [-0.4, -0.2) is 24.4 Å². The van der Waals surface area contributed by atoms with E-state index in [4.69, 9.17) is 0 Å². The van der Waals surface area contributed by atoms with Crippen molar-refractivity contribution in [1.82, 2.24) is 10.6 Å². The summed E-state index contributed by atoms with van der Waals surface area (Å²) < 4.78 is 0. The number of nitrogens with one attached hydrogen (secondary N) is 2. The van der Waals surface area contributed by atoms with E-state index in [-0.39, 0.29) is 23.1 Å². The average molecular weight is 296 g/mol. The Morgan fingerprint density at radius 2 is 1.67 bits per heavy atom. The standard InChI is InChI=1S/C17H32N2O2/c1-12(2)14(20)15(17(3,4)5)19-16(21)18-11-13-9-7-6-8-10-13/h12-13,15H,6-11H2,1-5H3,(H2,18,19,21). The van der Waals surface area contributed by atoms with Gasteiger partial charge in [-0.15, -0.1) is 0 Å². The molecule has 0 spiro atoms. The zero-order valence-electron chi connectivity index (χ0n) is 14.3. The van der Waals surface area contributed by atoms with Gasteiger partial charge in [0.05, 0.1) is 6.04 Å². The van der Waals surface area contributed by atoms with E-state index in [0.29, 0.717) is 5.92 Å². The summed E-state index contributed by atoms with van der Waals surface area (Å²) in [4.78, 5) is 24.4. The lowest BCUT2D eigenvalue weighted by atomic mass is 9.81. The van der Waals surface area contributed by atoms with Gasteiger partial charge in [-0.05, 0) is 24.2 Å². The Hall–Kier alpha value is -1.06. The second-order valence-electron chi connectivity index (χ2n) is 7.71. The average Bonchev–Trinajstić information content (AvgIpc) is 2.41. The first kappa shape index (κ1) is 18.0. The molecule has 0 saturated heterocycles. The maximum Gasteiger partial charge on any atom is 0.315 e. The van der Waals surface area contributed by atoms with Gasteiger partial charge in [-0.3, -0.25) is 4.79 Å². The highest BCUT2D eigenvalue weighted by Gasteiger charge is 2.33. The first-order valence-corrected chi connectivity index (χ1v) is 8.30. The van der Waals surface area contributed by atoms with Crippen molar-refractivity contribution < 1.29 is 9.59 Å². The summed E-state index contributed by atoms with van der Waals surface area (Å²) >= 11 is 0. The number of carbonyl (C=O) groups is 2. The van der Waals surface area contributed by atoms with Crippen LogP contribution in [0.15, 0.2) is 0 Å². The van der Waals surface area contributed by atoms with Crippen LogP contribution in [0.3, 0.4) is 0 Å². The third kappa shape index (κ3) is 6.06. The molecule has 1 rings (SSSR count). The maximum absolute atomic E-state index is 12.3. The van der Waals surface area contributed by atoms with Gasteiger partial charge in [-0.2, -0.15) is 0 Å². The summed E-state index contributed by atoms with van der Waals surface area (Å²) in [6.45, 7) is 10.4. The summed E-state index contributed by atoms with van der Waals surface area (Å²) in [6.07, 6.45) is 6.26. The molecule has 122 valence electrons. The van der Waals surface area contributed by atoms with E-state index in [2.05, 4.69) is 10.6 Å². The molecule has 0 bridgehead atoms. The smallest absolute Gasteiger partial charge is 0.315 e. The van der Waals surface area contributed by atoms with Gasteiger partial charge < -0.3 is 10.6 Å². The molecule has 1 aliphatic rings. The van der Waals surface area contributed by atoms with Gasteiger partial charge in [-0.1, -0.05) is 53.9 Å². The third-order valence-electron chi connectivity index (χ3n) is 4.27. The highest BCUT2D eigenvalue weighted by molar-refractivity contribution is 5.90. The molecular weight excluding hydrogens is 264 g/mol. The number of rotatable bonds is 5. The van der Waals surface area contributed by atoms with Crippen molar-refractivity contribution in [3.63, 3.8) is 0 Å². The van der Waals surface area contributed by atoms with Crippen LogP contribution < -0.4 is 10.6 Å². The van der Waals surface area contributed by atoms with Gasteiger partial charge in [0, 0.05) is 12.5 Å². The SMILES string of the molecule is CC(C)C(=O)C(NC(=O)NCC1CCCCC1)C(C)(C)C. The van der Waals surface area contributed by atoms with Crippen molar-refractivity contribution in [2.45, 2.75) is 72.8 Å². The van der Waals surface area contributed by atoms with Crippen molar-refractivity contribution >= 4 is 11.8 Å². The summed E-state index contributed by atoms with van der Waals surface area (Å²) in [7, 11) is 0. The summed E-state index contributed by atoms with van der Waals surface area (Å²) in [6, 6.07) is -0.654. The number of Topliss-reactive ketones (excluding diaryl/α,β-unsaturated/α-hetero) is 1. The van der Waals surface area contributed by atoms with E-state index in [9.17, 15) is 9.59 Å². The monoisotopic (exact) mass is 296 g/mol. The Bertz CT molecular complexity index is 352. The number of ketones is 1. The third-order valence-corrected chi connectivity index (χ3v) is 4.27. The largest absolute Gasteiger partial charge is 0.338 e. The van der Waals surface area contributed by atoms with Gasteiger partial charge in [0.2, 0.25) is 0 Å². The lowest BCUT2D eigenvalue weighted by Crippen LogP contribution is -2.53. The lowest BCUT2D eigenvalue weighted by molar-refractivity contribution is -0.126. The van der Waals surface area contributed by atoms with Crippen LogP contribution in [0.1, 0.15) is 66.7 Å². The zero-order chi connectivity index (χ0) is 16.0. The Kier molecular flexibility index (Phi) is 6.69. The number of carbonyl (C=O) groups excluding carboxylic acids is 2. The van der Waals surface area contributed by atoms with Crippen LogP contribution >= 0.6 is 0 Å². The van der Waals surface area contributed by atoms with Gasteiger partial charge in [0.1, 0.15) is 0 Å². The van der Waals surface area contributed by atoms with Gasteiger partial charge >= 0.3 is 6.03 Å². The van der Waals surface area contributed by atoms with Crippen molar-refractivity contribution in [2.24, 2.45) is 17.3 Å². The first-order chi connectivity index (χ1) is 9.71. The van der Waals surface area contributed by atoms with Crippen LogP contribution in [0.25, 0.3) is 0 Å². The molecule has 21 heavy (non-hydrogen) atoms. The number of urea groups is 1.